The molecule has 1 unspecified atom stereocenters. The molecular formula is C15H22N2O2. The molecule has 19 heavy (non-hydrogen) atoms. The van der Waals surface area contributed by atoms with Crippen molar-refractivity contribution in [3.05, 3.63) is 30.1 Å². The largest absolute Gasteiger partial charge is 0.469 e. The van der Waals surface area contributed by atoms with Crippen LogP contribution in [0.4, 0.5) is 0 Å². The monoisotopic (exact) mass is 262 g/mol. The lowest BCUT2D eigenvalue weighted by Crippen LogP contribution is -2.33. The first-order valence-corrected chi connectivity index (χ1v) is 7.01. The number of hydrogen-bond acceptors (Lipinski definition) is 4. The number of pyridine rings is 1. The summed E-state index contributed by atoms with van der Waals surface area (Å²) in [5.41, 5.74) is 0.943. The first kappa shape index (κ1) is 14.0. The SMILES string of the molecule is COC(=O)C(CN1CCCCCC1)c1cccnc1. The van der Waals surface area contributed by atoms with Crippen LogP contribution in [0, 0.1) is 0 Å². The molecule has 1 aliphatic heterocycles. The molecule has 1 atom stereocenters. The number of nitrogens with zero attached hydrogens (tertiary/aromatic N) is 2. The average molecular weight is 262 g/mol. The van der Waals surface area contributed by atoms with E-state index in [9.17, 15) is 4.79 Å². The summed E-state index contributed by atoms with van der Waals surface area (Å²) in [5.74, 6) is -0.394. The van der Waals surface area contributed by atoms with Gasteiger partial charge in [0.15, 0.2) is 0 Å². The average Bonchev–Trinajstić information content (AvgIpc) is 2.73. The smallest absolute Gasteiger partial charge is 0.314 e. The van der Waals surface area contributed by atoms with Crippen molar-refractivity contribution >= 4 is 5.97 Å². The molecule has 1 aromatic heterocycles. The molecular weight excluding hydrogens is 240 g/mol. The topological polar surface area (TPSA) is 42.4 Å². The maximum Gasteiger partial charge on any atom is 0.314 e. The molecule has 0 bridgehead atoms. The van der Waals surface area contributed by atoms with E-state index >= 15 is 0 Å². The van der Waals surface area contributed by atoms with E-state index in [0.717, 1.165) is 25.2 Å². The molecule has 0 aromatic carbocycles. The summed E-state index contributed by atoms with van der Waals surface area (Å²) in [7, 11) is 1.45. The van der Waals surface area contributed by atoms with Gasteiger partial charge >= 0.3 is 5.97 Å². The fourth-order valence-electron chi connectivity index (χ4n) is 2.62. The van der Waals surface area contributed by atoms with Gasteiger partial charge in [0, 0.05) is 18.9 Å². The van der Waals surface area contributed by atoms with Crippen molar-refractivity contribution in [2.24, 2.45) is 0 Å². The van der Waals surface area contributed by atoms with E-state index in [1.165, 1.54) is 32.8 Å². The lowest BCUT2D eigenvalue weighted by Gasteiger charge is -2.24. The molecule has 1 saturated heterocycles. The molecule has 104 valence electrons. The van der Waals surface area contributed by atoms with Gasteiger partial charge in [-0.2, -0.15) is 0 Å². The number of rotatable bonds is 4. The molecule has 0 spiro atoms. The summed E-state index contributed by atoms with van der Waals surface area (Å²) in [6, 6.07) is 3.82. The zero-order chi connectivity index (χ0) is 13.5. The molecule has 2 rings (SSSR count). The summed E-state index contributed by atoms with van der Waals surface area (Å²) < 4.78 is 4.95. The standard InChI is InChI=1S/C15H22N2O2/c1-19-15(18)14(13-7-6-8-16-11-13)12-17-9-4-2-3-5-10-17/h6-8,11,14H,2-5,9-10,12H2,1H3. The Bertz CT molecular complexity index is 386. The van der Waals surface area contributed by atoms with Crippen molar-refractivity contribution in [1.82, 2.24) is 9.88 Å². The second-order valence-corrected chi connectivity index (χ2v) is 5.08. The number of likely N-dealkylation sites (tertiary alicyclic amines) is 1. The maximum atomic E-state index is 12.0. The molecule has 0 radical (unpaired) electrons. The molecule has 4 nitrogen and oxygen atoms in total. The highest BCUT2D eigenvalue weighted by molar-refractivity contribution is 5.78. The third-order valence-corrected chi connectivity index (χ3v) is 3.71. The predicted molar refractivity (Wildman–Crippen MR) is 73.9 cm³/mol. The zero-order valence-electron chi connectivity index (χ0n) is 11.5. The van der Waals surface area contributed by atoms with Crippen LogP contribution in [0.15, 0.2) is 24.5 Å². The van der Waals surface area contributed by atoms with Crippen molar-refractivity contribution in [1.29, 1.82) is 0 Å². The van der Waals surface area contributed by atoms with Gasteiger partial charge < -0.3 is 9.64 Å². The van der Waals surface area contributed by atoms with Gasteiger partial charge in [-0.1, -0.05) is 18.9 Å². The Morgan fingerprint density at radius 2 is 2.11 bits per heavy atom. The van der Waals surface area contributed by atoms with Crippen molar-refractivity contribution < 1.29 is 9.53 Å². The van der Waals surface area contributed by atoms with Crippen LogP contribution in [0.3, 0.4) is 0 Å². The van der Waals surface area contributed by atoms with E-state index in [1.807, 2.05) is 12.1 Å². The Kier molecular flexibility index (Phi) is 5.33. The van der Waals surface area contributed by atoms with Crippen molar-refractivity contribution in [3.63, 3.8) is 0 Å². The lowest BCUT2D eigenvalue weighted by atomic mass is 10.0. The summed E-state index contributed by atoms with van der Waals surface area (Å²) in [5, 5.41) is 0. The highest BCUT2D eigenvalue weighted by Gasteiger charge is 2.24. The summed E-state index contributed by atoms with van der Waals surface area (Å²) in [6.07, 6.45) is 8.53. The zero-order valence-corrected chi connectivity index (χ0v) is 11.5. The number of carbonyl (C=O) groups excluding carboxylic acids is 1. The Morgan fingerprint density at radius 1 is 1.37 bits per heavy atom. The van der Waals surface area contributed by atoms with Gasteiger partial charge in [0.25, 0.3) is 0 Å². The lowest BCUT2D eigenvalue weighted by molar-refractivity contribution is -0.143. The van der Waals surface area contributed by atoms with Gasteiger partial charge in [0.05, 0.1) is 13.0 Å². The first-order chi connectivity index (χ1) is 9.31. The number of aromatic nitrogens is 1. The highest BCUT2D eigenvalue weighted by Crippen LogP contribution is 2.20. The van der Waals surface area contributed by atoms with Gasteiger partial charge in [-0.15, -0.1) is 0 Å². The third kappa shape index (κ3) is 4.03. The predicted octanol–water partition coefficient (Wildman–Crippen LogP) is 2.21. The molecule has 0 aliphatic carbocycles. The van der Waals surface area contributed by atoms with Crippen LogP contribution >= 0.6 is 0 Å². The van der Waals surface area contributed by atoms with Crippen LogP contribution in [0.25, 0.3) is 0 Å². The van der Waals surface area contributed by atoms with E-state index in [2.05, 4.69) is 9.88 Å². The second-order valence-electron chi connectivity index (χ2n) is 5.08. The fraction of sp³-hybridized carbons (Fsp3) is 0.600. The molecule has 1 fully saturated rings. The van der Waals surface area contributed by atoms with Crippen molar-refractivity contribution in [2.45, 2.75) is 31.6 Å². The van der Waals surface area contributed by atoms with Crippen molar-refractivity contribution in [2.75, 3.05) is 26.7 Å². The van der Waals surface area contributed by atoms with Crippen LogP contribution in [-0.4, -0.2) is 42.6 Å². The van der Waals surface area contributed by atoms with E-state index in [0.29, 0.717) is 0 Å². The molecule has 1 aromatic rings. The van der Waals surface area contributed by atoms with Gasteiger partial charge in [-0.25, -0.2) is 0 Å². The quantitative estimate of drug-likeness (QED) is 0.780. The number of carbonyl (C=O) groups is 1. The summed E-state index contributed by atoms with van der Waals surface area (Å²) in [6.45, 7) is 2.89. The van der Waals surface area contributed by atoms with Gasteiger partial charge in [-0.05, 0) is 37.6 Å². The number of esters is 1. The Hall–Kier alpha value is -1.42. The number of hydrogen-bond donors (Lipinski definition) is 0. The van der Waals surface area contributed by atoms with Gasteiger partial charge in [-0.3, -0.25) is 9.78 Å². The Morgan fingerprint density at radius 3 is 2.68 bits per heavy atom. The molecule has 0 amide bonds. The Balaban J connectivity index is 2.07. The summed E-state index contributed by atoms with van der Waals surface area (Å²) >= 11 is 0. The second kappa shape index (κ2) is 7.24. The normalized spacial score (nSPS) is 18.6. The molecule has 0 saturated carbocycles. The van der Waals surface area contributed by atoms with Crippen molar-refractivity contribution in [3.8, 4) is 0 Å². The van der Waals surface area contributed by atoms with E-state index < -0.39 is 0 Å². The highest BCUT2D eigenvalue weighted by atomic mass is 16.5. The van der Waals surface area contributed by atoms with Crippen LogP contribution in [0.2, 0.25) is 0 Å². The van der Waals surface area contributed by atoms with Crippen LogP contribution < -0.4 is 0 Å². The van der Waals surface area contributed by atoms with E-state index in [4.69, 9.17) is 4.74 Å². The van der Waals surface area contributed by atoms with Crippen LogP contribution in [0.1, 0.15) is 37.2 Å². The van der Waals surface area contributed by atoms with E-state index in [1.54, 1.807) is 12.4 Å². The van der Waals surface area contributed by atoms with Crippen LogP contribution in [0.5, 0.6) is 0 Å². The minimum Gasteiger partial charge on any atom is -0.469 e. The third-order valence-electron chi connectivity index (χ3n) is 3.71. The first-order valence-electron chi connectivity index (χ1n) is 7.01. The number of methoxy groups -OCH3 is 1. The molecule has 0 N–H and O–H groups in total. The molecule has 1 aliphatic rings. The summed E-state index contributed by atoms with van der Waals surface area (Å²) in [4.78, 5) is 18.5. The van der Waals surface area contributed by atoms with Gasteiger partial charge in [0.2, 0.25) is 0 Å². The molecule has 4 heteroatoms. The van der Waals surface area contributed by atoms with E-state index in [-0.39, 0.29) is 11.9 Å². The number of ether oxygens (including phenoxy) is 1. The molecule has 2 heterocycles. The van der Waals surface area contributed by atoms with Gasteiger partial charge in [0.1, 0.15) is 0 Å². The Labute approximate surface area is 114 Å². The minimum atomic E-state index is -0.225. The fourth-order valence-corrected chi connectivity index (χ4v) is 2.62. The minimum absolute atomic E-state index is 0.169. The maximum absolute atomic E-state index is 12.0. The van der Waals surface area contributed by atoms with Crippen LogP contribution in [-0.2, 0) is 9.53 Å².